The summed E-state index contributed by atoms with van der Waals surface area (Å²) in [5.74, 6) is -0.111. The van der Waals surface area contributed by atoms with Gasteiger partial charge >= 0.3 is 0 Å². The van der Waals surface area contributed by atoms with Crippen LogP contribution in [-0.2, 0) is 20.8 Å². The number of hydrogen-bond donors (Lipinski definition) is 2. The van der Waals surface area contributed by atoms with Crippen molar-refractivity contribution >= 4 is 23.8 Å². The lowest BCUT2D eigenvalue weighted by atomic mass is 10.1. The van der Waals surface area contributed by atoms with Gasteiger partial charge in [0.05, 0.1) is 13.0 Å². The Morgan fingerprint density at radius 2 is 1.97 bits per heavy atom. The predicted octanol–water partition coefficient (Wildman–Crippen LogP) is 2.00. The fraction of sp³-hybridized carbons (Fsp3) is 0.455. The minimum Gasteiger partial charge on any atom is -0.494 e. The quantitative estimate of drug-likeness (QED) is 0.621. The molecule has 0 aromatic heterocycles. The summed E-state index contributed by atoms with van der Waals surface area (Å²) in [5, 5.41) is 5.32. The Morgan fingerprint density at radius 3 is 2.66 bits per heavy atom. The predicted molar refractivity (Wildman–Crippen MR) is 112 cm³/mol. The minimum absolute atomic E-state index is 0.153. The van der Waals surface area contributed by atoms with Crippen LogP contribution in [-0.4, -0.2) is 48.5 Å². The Bertz CT molecular complexity index is 771. The van der Waals surface area contributed by atoms with Crippen LogP contribution in [0.3, 0.4) is 0 Å². The molecule has 0 saturated carbocycles. The van der Waals surface area contributed by atoms with E-state index in [0.29, 0.717) is 6.61 Å². The molecule has 2 rings (SSSR count). The first-order valence-electron chi connectivity index (χ1n) is 9.96. The van der Waals surface area contributed by atoms with Crippen LogP contribution in [0.5, 0.6) is 5.75 Å². The number of carbonyl (C=O) groups is 3. The van der Waals surface area contributed by atoms with Crippen molar-refractivity contribution in [2.24, 2.45) is 4.99 Å². The maximum Gasteiger partial charge on any atom is 0.243 e. The lowest BCUT2D eigenvalue weighted by Gasteiger charge is -2.19. The average Bonchev–Trinajstić information content (AvgIpc) is 2.85. The monoisotopic (exact) mass is 399 g/mol. The first-order valence-corrected chi connectivity index (χ1v) is 9.96. The zero-order valence-corrected chi connectivity index (χ0v) is 17.2. The van der Waals surface area contributed by atoms with E-state index in [1.54, 1.807) is 32.2 Å². The largest absolute Gasteiger partial charge is 0.494 e. The Hall–Kier alpha value is -2.96. The second-order valence-electron chi connectivity index (χ2n) is 7.06. The summed E-state index contributed by atoms with van der Waals surface area (Å²) >= 11 is 0. The molecule has 2 amide bonds. The van der Waals surface area contributed by atoms with E-state index in [9.17, 15) is 14.4 Å². The number of Topliss-reactive ketones (excluding diaryl/α,β-unsaturated/α-hetero) is 1. The summed E-state index contributed by atoms with van der Waals surface area (Å²) in [6.45, 7) is 6.04. The van der Waals surface area contributed by atoms with Crippen LogP contribution >= 0.6 is 0 Å². The third kappa shape index (κ3) is 7.18. The maximum atomic E-state index is 12.4. The number of rotatable bonds is 9. The molecule has 1 aromatic rings. The van der Waals surface area contributed by atoms with Crippen molar-refractivity contribution in [1.29, 1.82) is 0 Å². The van der Waals surface area contributed by atoms with Gasteiger partial charge in [0.1, 0.15) is 23.9 Å². The summed E-state index contributed by atoms with van der Waals surface area (Å²) in [7, 11) is 0. The summed E-state index contributed by atoms with van der Waals surface area (Å²) in [4.78, 5) is 40.9. The summed E-state index contributed by atoms with van der Waals surface area (Å²) in [6.07, 6.45) is 6.98. The van der Waals surface area contributed by atoms with Crippen molar-refractivity contribution in [3.8, 4) is 5.75 Å². The average molecular weight is 399 g/mol. The third-order valence-corrected chi connectivity index (χ3v) is 4.54. The Labute approximate surface area is 171 Å². The molecule has 0 saturated heterocycles. The van der Waals surface area contributed by atoms with Gasteiger partial charge in [0, 0.05) is 6.21 Å². The molecule has 0 aliphatic carbocycles. The lowest BCUT2D eigenvalue weighted by molar-refractivity contribution is -0.130. The molecule has 0 radical (unpaired) electrons. The van der Waals surface area contributed by atoms with Gasteiger partial charge in [-0.3, -0.25) is 19.4 Å². The van der Waals surface area contributed by atoms with E-state index >= 15 is 0 Å². The van der Waals surface area contributed by atoms with Crippen LogP contribution in [0, 0.1) is 0 Å². The molecule has 7 heteroatoms. The van der Waals surface area contributed by atoms with Crippen molar-refractivity contribution in [3.63, 3.8) is 0 Å². The molecule has 0 spiro atoms. The van der Waals surface area contributed by atoms with Crippen molar-refractivity contribution in [1.82, 2.24) is 10.6 Å². The number of benzene rings is 1. The van der Waals surface area contributed by atoms with E-state index in [1.165, 1.54) is 0 Å². The van der Waals surface area contributed by atoms with Crippen LogP contribution in [0.4, 0.5) is 0 Å². The van der Waals surface area contributed by atoms with E-state index in [1.807, 2.05) is 24.3 Å². The Balaban J connectivity index is 1.82. The fourth-order valence-electron chi connectivity index (χ4n) is 2.75. The number of nitrogens with zero attached hydrogens (tertiary/aromatic N) is 1. The molecule has 2 N–H and O–H groups in total. The molecule has 29 heavy (non-hydrogen) atoms. The van der Waals surface area contributed by atoms with E-state index in [4.69, 9.17) is 4.74 Å². The second kappa shape index (κ2) is 11.1. The minimum atomic E-state index is -0.764. The zero-order chi connectivity index (χ0) is 21.2. The molecule has 1 heterocycles. The molecule has 3 atom stereocenters. The van der Waals surface area contributed by atoms with E-state index < -0.39 is 24.0 Å². The highest BCUT2D eigenvalue weighted by atomic mass is 16.5. The highest BCUT2D eigenvalue weighted by Crippen LogP contribution is 2.13. The number of hydrogen-bond acceptors (Lipinski definition) is 5. The van der Waals surface area contributed by atoms with Gasteiger partial charge in [-0.1, -0.05) is 31.6 Å². The first kappa shape index (κ1) is 22.3. The van der Waals surface area contributed by atoms with Crippen LogP contribution in [0.15, 0.2) is 41.4 Å². The molecule has 1 aromatic carbocycles. The van der Waals surface area contributed by atoms with Crippen molar-refractivity contribution in [2.75, 3.05) is 6.61 Å². The van der Waals surface area contributed by atoms with Crippen molar-refractivity contribution < 1.29 is 19.1 Å². The standard InChI is InChI=1S/C22H29N3O4/c1-4-5-13-29-18-10-8-17(9-11-18)14-20(26)24-16(3)22(28)25-19-7-6-12-23-15(2)21(19)27/h6-12,15-16,19H,4-5,13-14H2,1-3H3,(H,24,26)(H,25,28)/t15?,16-,19?/m0/s1. The smallest absolute Gasteiger partial charge is 0.243 e. The topological polar surface area (TPSA) is 96.9 Å². The van der Waals surface area contributed by atoms with Crippen LogP contribution in [0.2, 0.25) is 0 Å². The molecular formula is C22H29N3O4. The number of aliphatic imine (C=N–C) groups is 1. The highest BCUT2D eigenvalue weighted by Gasteiger charge is 2.26. The van der Waals surface area contributed by atoms with Gasteiger partial charge in [0.25, 0.3) is 0 Å². The molecule has 2 unspecified atom stereocenters. The summed E-state index contributed by atoms with van der Waals surface area (Å²) < 4.78 is 5.60. The van der Waals surface area contributed by atoms with Crippen LogP contribution < -0.4 is 15.4 Å². The number of nitrogens with one attached hydrogen (secondary N) is 2. The van der Waals surface area contributed by atoms with Gasteiger partial charge in [-0.15, -0.1) is 0 Å². The normalized spacial score (nSPS) is 19.3. The zero-order valence-electron chi connectivity index (χ0n) is 17.2. The van der Waals surface area contributed by atoms with Crippen molar-refractivity contribution in [2.45, 2.75) is 58.2 Å². The van der Waals surface area contributed by atoms with Gasteiger partial charge in [-0.25, -0.2) is 0 Å². The molecule has 0 fully saturated rings. The molecule has 156 valence electrons. The summed E-state index contributed by atoms with van der Waals surface area (Å²) in [5.41, 5.74) is 0.825. The van der Waals surface area contributed by atoms with Gasteiger partial charge in [0.15, 0.2) is 5.78 Å². The molecule has 0 bridgehead atoms. The number of unbranched alkanes of at least 4 members (excludes halogenated alkanes) is 1. The number of amides is 2. The van der Waals surface area contributed by atoms with Gasteiger partial charge in [0.2, 0.25) is 11.8 Å². The molecule has 1 aliphatic heterocycles. The number of allylic oxidation sites excluding steroid dienone is 1. The molecule has 1 aliphatic rings. The Morgan fingerprint density at radius 1 is 1.24 bits per heavy atom. The number of ether oxygens (including phenoxy) is 1. The van der Waals surface area contributed by atoms with Gasteiger partial charge < -0.3 is 15.4 Å². The highest BCUT2D eigenvalue weighted by molar-refractivity contribution is 5.98. The maximum absolute atomic E-state index is 12.4. The fourth-order valence-corrected chi connectivity index (χ4v) is 2.75. The lowest BCUT2D eigenvalue weighted by Crippen LogP contribution is -2.51. The number of carbonyl (C=O) groups excluding carboxylic acids is 3. The molecule has 7 nitrogen and oxygen atoms in total. The molecular weight excluding hydrogens is 370 g/mol. The van der Waals surface area contributed by atoms with E-state index in [0.717, 1.165) is 24.2 Å². The number of ketones is 1. The van der Waals surface area contributed by atoms with Gasteiger partial charge in [-0.2, -0.15) is 0 Å². The Kier molecular flexibility index (Phi) is 8.58. The summed E-state index contributed by atoms with van der Waals surface area (Å²) in [6, 6.07) is 5.31. The van der Waals surface area contributed by atoms with Crippen LogP contribution in [0.1, 0.15) is 39.2 Å². The van der Waals surface area contributed by atoms with E-state index in [-0.39, 0.29) is 18.1 Å². The van der Waals surface area contributed by atoms with Crippen molar-refractivity contribution in [3.05, 3.63) is 42.0 Å². The van der Waals surface area contributed by atoms with Crippen LogP contribution in [0.25, 0.3) is 0 Å². The first-order chi connectivity index (χ1) is 13.9. The second-order valence-corrected chi connectivity index (χ2v) is 7.06. The van der Waals surface area contributed by atoms with Gasteiger partial charge in [-0.05, 0) is 44.0 Å². The van der Waals surface area contributed by atoms with E-state index in [2.05, 4.69) is 22.5 Å². The SMILES string of the molecule is CCCCOc1ccc(CC(=O)N[C@@H](C)C(=O)NC2C=CC=NC(C)C2=O)cc1. The third-order valence-electron chi connectivity index (χ3n) is 4.54.